The number of ether oxygens (including phenoxy) is 1. The van der Waals surface area contributed by atoms with Gasteiger partial charge in [0.05, 0.1) is 0 Å². The van der Waals surface area contributed by atoms with E-state index < -0.39 is 0 Å². The fourth-order valence-corrected chi connectivity index (χ4v) is 7.31. The van der Waals surface area contributed by atoms with Crippen LogP contribution >= 0.6 is 22.7 Å². The number of hydrogen-bond donors (Lipinski definition) is 0. The predicted molar refractivity (Wildman–Crippen MR) is 174 cm³/mol. The SMILES string of the molecule is CC1=C(C)N(c2[c-]c(Oc3[c-]c4c(-c5cc(C(C)(C)C)ccn5)cc5c(ccc6ccsc65)c4s3)ccc2)[CH-]N1C.[Pt]. The van der Waals surface area contributed by atoms with Gasteiger partial charge in [0.25, 0.3) is 0 Å². The van der Waals surface area contributed by atoms with Crippen LogP contribution in [0.3, 0.4) is 0 Å². The molecule has 4 heterocycles. The third-order valence-electron chi connectivity index (χ3n) is 7.93. The van der Waals surface area contributed by atoms with Gasteiger partial charge < -0.3 is 14.5 Å². The van der Waals surface area contributed by atoms with Crippen molar-refractivity contribution in [3.05, 3.63) is 102 Å². The quantitative estimate of drug-likeness (QED) is 0.167. The number of aromatic nitrogens is 1. The third-order valence-corrected chi connectivity index (χ3v) is 9.89. The van der Waals surface area contributed by atoms with E-state index in [2.05, 4.69) is 118 Å². The van der Waals surface area contributed by atoms with Crippen molar-refractivity contribution in [2.75, 3.05) is 11.9 Å². The minimum Gasteiger partial charge on any atom is -0.508 e. The summed E-state index contributed by atoms with van der Waals surface area (Å²) in [6.07, 6.45) is 1.92. The predicted octanol–water partition coefficient (Wildman–Crippen LogP) is 10.1. The van der Waals surface area contributed by atoms with Crippen molar-refractivity contribution in [3.8, 4) is 22.1 Å². The van der Waals surface area contributed by atoms with Gasteiger partial charge >= 0.3 is 0 Å². The monoisotopic (exact) mass is 767 g/mol. The van der Waals surface area contributed by atoms with Crippen LogP contribution in [0.5, 0.6) is 10.8 Å². The van der Waals surface area contributed by atoms with Crippen LogP contribution in [0.2, 0.25) is 0 Å². The molecule has 0 amide bonds. The molecule has 7 heteroatoms. The molecule has 0 unspecified atom stereocenters. The standard InChI is InChI=1S/C35H30N3OS2.Pt/c1-21-22(2)38(20-37(21)6)25-8-7-9-26(17-25)39-32-19-30-28(31-16-24(12-14-36-31)35(3,4)5)18-29-27(34(30)41-32)11-10-23-13-15-40-33(23)29;/h7-16,18,20H,1-6H3;/q-3;. The van der Waals surface area contributed by atoms with Crippen LogP contribution in [0.4, 0.5) is 5.69 Å². The van der Waals surface area contributed by atoms with E-state index in [0.717, 1.165) is 27.0 Å². The van der Waals surface area contributed by atoms with Crippen molar-refractivity contribution in [2.24, 2.45) is 0 Å². The maximum Gasteiger partial charge on any atom is 0.107 e. The second-order valence-electron chi connectivity index (χ2n) is 11.6. The van der Waals surface area contributed by atoms with Crippen molar-refractivity contribution in [3.63, 3.8) is 0 Å². The number of pyridine rings is 1. The van der Waals surface area contributed by atoms with Crippen LogP contribution in [0, 0.1) is 18.8 Å². The Hall–Kier alpha value is -3.18. The Kier molecular flexibility index (Phi) is 7.45. The van der Waals surface area contributed by atoms with Gasteiger partial charge in [0.1, 0.15) is 5.06 Å². The maximum atomic E-state index is 6.46. The summed E-state index contributed by atoms with van der Waals surface area (Å²) in [5.41, 5.74) is 6.65. The molecule has 0 spiro atoms. The van der Waals surface area contributed by atoms with E-state index in [-0.39, 0.29) is 26.5 Å². The molecule has 0 atom stereocenters. The molecule has 1 aliphatic rings. The second kappa shape index (κ2) is 10.8. The topological polar surface area (TPSA) is 28.6 Å². The Morgan fingerprint density at radius 3 is 2.52 bits per heavy atom. The van der Waals surface area contributed by atoms with E-state index in [1.807, 2.05) is 18.3 Å². The van der Waals surface area contributed by atoms with Gasteiger partial charge in [0.2, 0.25) is 0 Å². The van der Waals surface area contributed by atoms with E-state index in [9.17, 15) is 0 Å². The molecule has 0 radical (unpaired) electrons. The normalized spacial score (nSPS) is 14.0. The summed E-state index contributed by atoms with van der Waals surface area (Å²) < 4.78 is 8.91. The summed E-state index contributed by atoms with van der Waals surface area (Å²) in [5, 5.41) is 7.63. The molecular formula is C35H30N3OPtS2-3. The fourth-order valence-electron chi connectivity index (χ4n) is 5.37. The molecule has 216 valence electrons. The summed E-state index contributed by atoms with van der Waals surface area (Å²) in [6.45, 7) is 13.0. The second-order valence-corrected chi connectivity index (χ2v) is 13.5. The molecule has 1 aliphatic heterocycles. The minimum absolute atomic E-state index is 0. The molecule has 0 N–H and O–H groups in total. The first-order chi connectivity index (χ1) is 19.7. The van der Waals surface area contributed by atoms with Crippen LogP contribution in [0.15, 0.2) is 77.6 Å². The zero-order valence-corrected chi connectivity index (χ0v) is 28.2. The van der Waals surface area contributed by atoms with Crippen molar-refractivity contribution >= 4 is 59.3 Å². The van der Waals surface area contributed by atoms with Gasteiger partial charge in [0.15, 0.2) is 0 Å². The van der Waals surface area contributed by atoms with Crippen molar-refractivity contribution in [1.82, 2.24) is 9.88 Å². The van der Waals surface area contributed by atoms with Crippen LogP contribution in [0.1, 0.15) is 40.2 Å². The molecule has 0 aliphatic carbocycles. The Labute approximate surface area is 269 Å². The molecule has 3 aromatic heterocycles. The van der Waals surface area contributed by atoms with Crippen LogP contribution in [-0.4, -0.2) is 16.9 Å². The van der Waals surface area contributed by atoms with E-state index in [1.54, 1.807) is 22.7 Å². The summed E-state index contributed by atoms with van der Waals surface area (Å²) in [7, 11) is 2.06. The first kappa shape index (κ1) is 28.9. The first-order valence-corrected chi connectivity index (χ1v) is 15.4. The molecule has 0 bridgehead atoms. The van der Waals surface area contributed by atoms with E-state index in [4.69, 9.17) is 9.72 Å². The summed E-state index contributed by atoms with van der Waals surface area (Å²) in [5.74, 6) is 0.665. The maximum absolute atomic E-state index is 6.46. The Morgan fingerprint density at radius 2 is 1.76 bits per heavy atom. The molecule has 6 aromatic rings. The van der Waals surface area contributed by atoms with E-state index in [0.29, 0.717) is 10.8 Å². The molecule has 0 saturated carbocycles. The van der Waals surface area contributed by atoms with Crippen LogP contribution in [-0.2, 0) is 26.5 Å². The van der Waals surface area contributed by atoms with Crippen LogP contribution in [0.25, 0.3) is 42.2 Å². The number of anilines is 1. The summed E-state index contributed by atoms with van der Waals surface area (Å²) in [4.78, 5) is 9.10. The fraction of sp³-hybridized carbons (Fsp3) is 0.200. The smallest absolute Gasteiger partial charge is 0.107 e. The zero-order valence-electron chi connectivity index (χ0n) is 24.3. The van der Waals surface area contributed by atoms with Gasteiger partial charge in [-0.2, -0.15) is 29.5 Å². The average Bonchev–Trinajstić information content (AvgIpc) is 3.67. The molecule has 7 rings (SSSR count). The minimum atomic E-state index is 0. The van der Waals surface area contributed by atoms with Crippen molar-refractivity contribution < 1.29 is 25.8 Å². The third kappa shape index (κ3) is 4.94. The van der Waals surface area contributed by atoms with Crippen molar-refractivity contribution in [1.29, 1.82) is 0 Å². The van der Waals surface area contributed by atoms with Crippen LogP contribution < -0.4 is 9.64 Å². The number of rotatable bonds is 4. The number of nitrogens with zero attached hydrogens (tertiary/aromatic N) is 3. The molecule has 42 heavy (non-hydrogen) atoms. The summed E-state index contributed by atoms with van der Waals surface area (Å²) in [6, 6.07) is 26.4. The number of fused-ring (bicyclic) bond motifs is 5. The van der Waals surface area contributed by atoms with Gasteiger partial charge in [-0.25, -0.2) is 0 Å². The molecule has 3 aromatic carbocycles. The number of thiophene rings is 2. The van der Waals surface area contributed by atoms with Gasteiger partial charge in [0, 0.05) is 49.1 Å². The Bertz CT molecular complexity index is 2000. The van der Waals surface area contributed by atoms with E-state index >= 15 is 0 Å². The molecular weight excluding hydrogens is 738 g/mol. The number of benzene rings is 3. The Balaban J connectivity index is 0.00000316. The first-order valence-electron chi connectivity index (χ1n) is 13.7. The summed E-state index contributed by atoms with van der Waals surface area (Å²) >= 11 is 3.41. The average molecular weight is 768 g/mol. The zero-order chi connectivity index (χ0) is 28.5. The van der Waals surface area contributed by atoms with Gasteiger partial charge in [-0.3, -0.25) is 4.98 Å². The largest absolute Gasteiger partial charge is 0.508 e. The molecule has 0 fully saturated rings. The molecule has 4 nitrogen and oxygen atoms in total. The number of allylic oxidation sites excluding steroid dienone is 2. The van der Waals surface area contributed by atoms with E-state index in [1.165, 1.54) is 37.8 Å². The van der Waals surface area contributed by atoms with Gasteiger partial charge in [-0.15, -0.1) is 47.4 Å². The van der Waals surface area contributed by atoms with Gasteiger partial charge in [-0.1, -0.05) is 48.6 Å². The van der Waals surface area contributed by atoms with Crippen molar-refractivity contribution in [2.45, 2.75) is 40.0 Å². The Morgan fingerprint density at radius 1 is 0.929 bits per heavy atom. The number of hydrogen-bond acceptors (Lipinski definition) is 6. The molecule has 0 saturated heterocycles. The van der Waals surface area contributed by atoms with Gasteiger partial charge in [-0.05, 0) is 71.9 Å².